The van der Waals surface area contributed by atoms with Crippen LogP contribution in [0.15, 0.2) is 0 Å². The molecule has 14 heavy (non-hydrogen) atoms. The van der Waals surface area contributed by atoms with Gasteiger partial charge < -0.3 is 9.84 Å². The first-order valence-electron chi connectivity index (χ1n) is 5.00. The number of rotatable bonds is 1. The monoisotopic (exact) mass is 200 g/mol. The molecular formula is C11H20O3. The molecule has 0 radical (unpaired) electrons. The van der Waals surface area contributed by atoms with Crippen molar-refractivity contribution < 1.29 is 14.6 Å². The van der Waals surface area contributed by atoms with E-state index in [4.69, 9.17) is 4.74 Å². The van der Waals surface area contributed by atoms with Gasteiger partial charge in [0.2, 0.25) is 0 Å². The number of aliphatic hydroxyl groups is 1. The van der Waals surface area contributed by atoms with Gasteiger partial charge in [0, 0.05) is 10.8 Å². The summed E-state index contributed by atoms with van der Waals surface area (Å²) in [5, 5.41) is 10.5. The summed E-state index contributed by atoms with van der Waals surface area (Å²) < 4.78 is 4.72. The average molecular weight is 200 g/mol. The summed E-state index contributed by atoms with van der Waals surface area (Å²) in [4.78, 5) is 11.7. The third-order valence-electron chi connectivity index (χ3n) is 3.81. The molecule has 0 aromatic rings. The summed E-state index contributed by atoms with van der Waals surface area (Å²) in [6, 6.07) is 0. The number of ether oxygens (including phenoxy) is 1. The minimum Gasteiger partial charge on any atom is -0.467 e. The first kappa shape index (κ1) is 11.5. The van der Waals surface area contributed by atoms with E-state index in [0.717, 1.165) is 12.8 Å². The predicted molar refractivity (Wildman–Crippen MR) is 53.8 cm³/mol. The lowest BCUT2D eigenvalue weighted by molar-refractivity contribution is -0.187. The lowest BCUT2D eigenvalue weighted by atomic mass is 9.68. The van der Waals surface area contributed by atoms with Crippen LogP contribution in [0, 0.1) is 10.8 Å². The molecule has 0 spiro atoms. The number of hydrogen-bond acceptors (Lipinski definition) is 3. The van der Waals surface area contributed by atoms with E-state index in [1.807, 2.05) is 27.7 Å². The van der Waals surface area contributed by atoms with E-state index in [9.17, 15) is 9.90 Å². The van der Waals surface area contributed by atoms with Gasteiger partial charge in [-0.3, -0.25) is 0 Å². The summed E-state index contributed by atoms with van der Waals surface area (Å²) in [7, 11) is 1.32. The number of carbonyl (C=O) groups excluding carboxylic acids is 1. The fourth-order valence-corrected chi connectivity index (χ4v) is 2.60. The zero-order valence-corrected chi connectivity index (χ0v) is 9.68. The second-order valence-electron chi connectivity index (χ2n) is 5.47. The van der Waals surface area contributed by atoms with Crippen molar-refractivity contribution in [3.8, 4) is 0 Å². The smallest absolute Gasteiger partial charge is 0.338 e. The van der Waals surface area contributed by atoms with E-state index >= 15 is 0 Å². The summed E-state index contributed by atoms with van der Waals surface area (Å²) in [6.45, 7) is 7.66. The van der Waals surface area contributed by atoms with Gasteiger partial charge in [0.25, 0.3) is 0 Å². The molecule has 1 N–H and O–H groups in total. The van der Waals surface area contributed by atoms with Gasteiger partial charge in [0.15, 0.2) is 5.60 Å². The van der Waals surface area contributed by atoms with Crippen molar-refractivity contribution in [2.45, 2.75) is 46.1 Å². The van der Waals surface area contributed by atoms with Gasteiger partial charge in [-0.25, -0.2) is 4.79 Å². The lowest BCUT2D eigenvalue weighted by Crippen LogP contribution is -2.56. The first-order chi connectivity index (χ1) is 6.19. The van der Waals surface area contributed by atoms with Crippen molar-refractivity contribution in [3.05, 3.63) is 0 Å². The van der Waals surface area contributed by atoms with Crippen LogP contribution in [0.4, 0.5) is 0 Å². The summed E-state index contributed by atoms with van der Waals surface area (Å²) in [6.07, 6.45) is 1.68. The van der Waals surface area contributed by atoms with Gasteiger partial charge in [-0.2, -0.15) is 0 Å². The molecular weight excluding hydrogens is 180 g/mol. The van der Waals surface area contributed by atoms with Gasteiger partial charge in [-0.05, 0) is 12.8 Å². The quantitative estimate of drug-likeness (QED) is 0.656. The maximum Gasteiger partial charge on any atom is 0.338 e. The minimum absolute atomic E-state index is 0.413. The number of methoxy groups -OCH3 is 1. The van der Waals surface area contributed by atoms with E-state index in [-0.39, 0.29) is 0 Å². The van der Waals surface area contributed by atoms with Crippen LogP contribution in [0.3, 0.4) is 0 Å². The van der Waals surface area contributed by atoms with E-state index in [0.29, 0.717) is 0 Å². The third kappa shape index (κ3) is 1.18. The van der Waals surface area contributed by atoms with Crippen LogP contribution < -0.4 is 0 Å². The summed E-state index contributed by atoms with van der Waals surface area (Å²) in [5.41, 5.74) is -2.19. The van der Waals surface area contributed by atoms with Crippen LogP contribution in [0.2, 0.25) is 0 Å². The summed E-state index contributed by atoms with van der Waals surface area (Å²) in [5.74, 6) is -0.509. The van der Waals surface area contributed by atoms with Gasteiger partial charge >= 0.3 is 5.97 Å². The molecule has 0 bridgehead atoms. The van der Waals surface area contributed by atoms with E-state index in [1.165, 1.54) is 7.11 Å². The fraction of sp³-hybridized carbons (Fsp3) is 0.909. The minimum atomic E-state index is -1.37. The molecule has 0 atom stereocenters. The van der Waals surface area contributed by atoms with Crippen LogP contribution in [-0.2, 0) is 9.53 Å². The molecule has 0 amide bonds. The van der Waals surface area contributed by atoms with Crippen molar-refractivity contribution in [1.29, 1.82) is 0 Å². The van der Waals surface area contributed by atoms with Gasteiger partial charge in [0.1, 0.15) is 0 Å². The molecule has 1 rings (SSSR count). The predicted octanol–water partition coefficient (Wildman–Crippen LogP) is 1.74. The highest BCUT2D eigenvalue weighted by atomic mass is 16.5. The van der Waals surface area contributed by atoms with Crippen molar-refractivity contribution in [3.63, 3.8) is 0 Å². The Morgan fingerprint density at radius 3 is 1.79 bits per heavy atom. The van der Waals surface area contributed by atoms with Crippen LogP contribution >= 0.6 is 0 Å². The zero-order chi connectivity index (χ0) is 11.2. The first-order valence-corrected chi connectivity index (χ1v) is 5.00. The van der Waals surface area contributed by atoms with Gasteiger partial charge in [-0.15, -0.1) is 0 Å². The maximum atomic E-state index is 11.7. The van der Waals surface area contributed by atoms with Crippen LogP contribution in [0.5, 0.6) is 0 Å². The molecule has 0 saturated heterocycles. The molecule has 3 heteroatoms. The highest BCUT2D eigenvalue weighted by Gasteiger charge is 2.64. The third-order valence-corrected chi connectivity index (χ3v) is 3.81. The molecule has 1 saturated carbocycles. The van der Waals surface area contributed by atoms with E-state index in [2.05, 4.69) is 0 Å². The van der Waals surface area contributed by atoms with Crippen molar-refractivity contribution >= 4 is 5.97 Å². The van der Waals surface area contributed by atoms with Crippen LogP contribution in [-0.4, -0.2) is 23.8 Å². The molecule has 0 aliphatic heterocycles. The highest BCUT2D eigenvalue weighted by molar-refractivity contribution is 5.82. The molecule has 3 nitrogen and oxygen atoms in total. The molecule has 1 fully saturated rings. The number of esters is 1. The Balaban J connectivity index is 3.19. The van der Waals surface area contributed by atoms with Gasteiger partial charge in [0.05, 0.1) is 7.11 Å². The SMILES string of the molecule is COC(=O)C1(O)C(C)(C)CCC1(C)C. The van der Waals surface area contributed by atoms with E-state index in [1.54, 1.807) is 0 Å². The molecule has 0 aromatic carbocycles. The van der Waals surface area contributed by atoms with Crippen molar-refractivity contribution in [2.75, 3.05) is 7.11 Å². The fourth-order valence-electron chi connectivity index (χ4n) is 2.60. The number of hydrogen-bond donors (Lipinski definition) is 1. The Hall–Kier alpha value is -0.570. The number of carbonyl (C=O) groups is 1. The molecule has 82 valence electrons. The maximum absolute atomic E-state index is 11.7. The second kappa shape index (κ2) is 2.96. The average Bonchev–Trinajstić information content (AvgIpc) is 2.26. The standard InChI is InChI=1S/C11H20O3/c1-9(2)6-7-10(3,4)11(9,13)8(12)14-5/h13H,6-7H2,1-5H3. The Labute approximate surface area is 85.5 Å². The van der Waals surface area contributed by atoms with Crippen molar-refractivity contribution in [1.82, 2.24) is 0 Å². The molecule has 1 aliphatic carbocycles. The lowest BCUT2D eigenvalue weighted by Gasteiger charge is -2.42. The Morgan fingerprint density at radius 1 is 1.14 bits per heavy atom. The normalized spacial score (nSPS) is 27.3. The van der Waals surface area contributed by atoms with Gasteiger partial charge in [-0.1, -0.05) is 27.7 Å². The second-order valence-corrected chi connectivity index (χ2v) is 5.47. The Kier molecular flexibility index (Phi) is 2.43. The Bertz CT molecular complexity index is 237. The van der Waals surface area contributed by atoms with Crippen LogP contribution in [0.25, 0.3) is 0 Å². The topological polar surface area (TPSA) is 46.5 Å². The Morgan fingerprint density at radius 2 is 1.50 bits per heavy atom. The molecule has 0 unspecified atom stereocenters. The zero-order valence-electron chi connectivity index (χ0n) is 9.68. The highest BCUT2D eigenvalue weighted by Crippen LogP contribution is 2.56. The largest absolute Gasteiger partial charge is 0.467 e. The van der Waals surface area contributed by atoms with Crippen LogP contribution in [0.1, 0.15) is 40.5 Å². The molecule has 0 heterocycles. The van der Waals surface area contributed by atoms with Crippen molar-refractivity contribution in [2.24, 2.45) is 10.8 Å². The molecule has 0 aromatic heterocycles. The molecule has 1 aliphatic rings. The van der Waals surface area contributed by atoms with E-state index < -0.39 is 22.4 Å². The summed E-state index contributed by atoms with van der Waals surface area (Å²) >= 11 is 0.